The van der Waals surface area contributed by atoms with Crippen LogP contribution in [0.3, 0.4) is 0 Å². The number of anilines is 1. The van der Waals surface area contributed by atoms with E-state index in [4.69, 9.17) is 0 Å². The molecule has 1 aromatic rings. The molecule has 1 atom stereocenters. The number of rotatable bonds is 4. The van der Waals surface area contributed by atoms with Crippen LogP contribution in [-0.4, -0.2) is 6.54 Å². The van der Waals surface area contributed by atoms with Crippen molar-refractivity contribution in [2.24, 2.45) is 5.92 Å². The van der Waals surface area contributed by atoms with Gasteiger partial charge in [0.25, 0.3) is 0 Å². The highest BCUT2D eigenvalue weighted by Gasteiger charge is 2.31. The van der Waals surface area contributed by atoms with E-state index in [9.17, 15) is 13.2 Å². The summed E-state index contributed by atoms with van der Waals surface area (Å²) >= 11 is 3.09. The fourth-order valence-corrected chi connectivity index (χ4v) is 1.79. The van der Waals surface area contributed by atoms with E-state index in [-0.39, 0.29) is 0 Å². The van der Waals surface area contributed by atoms with Gasteiger partial charge in [-0.15, -0.1) is 0 Å². The smallest absolute Gasteiger partial charge is 0.385 e. The van der Waals surface area contributed by atoms with Gasteiger partial charge in [0.2, 0.25) is 0 Å². The zero-order chi connectivity index (χ0) is 13.1. The molecule has 1 rings (SSSR count). The second-order valence-electron chi connectivity index (χ2n) is 4.12. The second-order valence-corrected chi connectivity index (χ2v) is 5.04. The van der Waals surface area contributed by atoms with Gasteiger partial charge in [-0.3, -0.25) is 0 Å². The van der Waals surface area contributed by atoms with E-state index in [1.165, 1.54) is 0 Å². The van der Waals surface area contributed by atoms with Gasteiger partial charge in [0.15, 0.2) is 0 Å². The molecule has 0 spiro atoms. The van der Waals surface area contributed by atoms with Crippen LogP contribution in [0.15, 0.2) is 22.7 Å². The number of hydrogen-bond donors (Lipinski definition) is 1. The van der Waals surface area contributed by atoms with Crippen molar-refractivity contribution in [3.05, 3.63) is 28.2 Å². The van der Waals surface area contributed by atoms with Crippen molar-refractivity contribution in [2.75, 3.05) is 11.9 Å². The highest BCUT2D eigenvalue weighted by atomic mass is 79.9. The van der Waals surface area contributed by atoms with Crippen LogP contribution < -0.4 is 5.32 Å². The van der Waals surface area contributed by atoms with Gasteiger partial charge in [-0.05, 0) is 24.1 Å². The highest BCUT2D eigenvalue weighted by molar-refractivity contribution is 9.10. The summed E-state index contributed by atoms with van der Waals surface area (Å²) in [4.78, 5) is 0. The molecule has 1 nitrogen and oxygen atoms in total. The average Bonchev–Trinajstić information content (AvgIpc) is 2.24. The summed E-state index contributed by atoms with van der Waals surface area (Å²) in [6.07, 6.45) is -3.32. The molecule has 0 radical (unpaired) electrons. The van der Waals surface area contributed by atoms with Crippen molar-refractivity contribution in [1.29, 1.82) is 0 Å². The Bertz CT molecular complexity index is 377. The standard InChI is InChI=1S/C12H15BrF3N/c1-3-8(2)7-17-11-5-9(12(14,15)16)4-10(13)6-11/h4-6,8,17H,3,7H2,1-2H3. The number of alkyl halides is 3. The Balaban J connectivity index is 2.83. The zero-order valence-corrected chi connectivity index (χ0v) is 11.3. The predicted octanol–water partition coefficient (Wildman–Crippen LogP) is 4.93. The molecule has 0 amide bonds. The van der Waals surface area contributed by atoms with Gasteiger partial charge in [0, 0.05) is 16.7 Å². The van der Waals surface area contributed by atoms with Crippen LogP contribution in [0.25, 0.3) is 0 Å². The van der Waals surface area contributed by atoms with Crippen molar-refractivity contribution in [1.82, 2.24) is 0 Å². The van der Waals surface area contributed by atoms with Crippen LogP contribution in [0.5, 0.6) is 0 Å². The number of nitrogens with one attached hydrogen (secondary N) is 1. The van der Waals surface area contributed by atoms with Crippen molar-refractivity contribution < 1.29 is 13.2 Å². The Labute approximate surface area is 108 Å². The molecule has 0 aliphatic rings. The summed E-state index contributed by atoms with van der Waals surface area (Å²) in [7, 11) is 0. The minimum absolute atomic E-state index is 0.430. The molecule has 1 aromatic carbocycles. The van der Waals surface area contributed by atoms with Gasteiger partial charge in [-0.2, -0.15) is 13.2 Å². The minimum Gasteiger partial charge on any atom is -0.385 e. The molecule has 5 heteroatoms. The molecular formula is C12H15BrF3N. The van der Waals surface area contributed by atoms with Crippen LogP contribution in [0.2, 0.25) is 0 Å². The second kappa shape index (κ2) is 5.76. The van der Waals surface area contributed by atoms with Crippen LogP contribution in [-0.2, 0) is 6.18 Å². The largest absolute Gasteiger partial charge is 0.416 e. The Morgan fingerprint density at radius 1 is 1.29 bits per heavy atom. The first-order valence-electron chi connectivity index (χ1n) is 5.44. The summed E-state index contributed by atoms with van der Waals surface area (Å²) in [5, 5.41) is 3.02. The number of hydrogen-bond acceptors (Lipinski definition) is 1. The van der Waals surface area contributed by atoms with E-state index in [0.29, 0.717) is 22.6 Å². The van der Waals surface area contributed by atoms with E-state index in [1.807, 2.05) is 0 Å². The highest BCUT2D eigenvalue weighted by Crippen LogP contribution is 2.33. The molecule has 1 N–H and O–H groups in total. The van der Waals surface area contributed by atoms with Crippen molar-refractivity contribution in [3.8, 4) is 0 Å². The van der Waals surface area contributed by atoms with Crippen molar-refractivity contribution in [3.63, 3.8) is 0 Å². The maximum Gasteiger partial charge on any atom is 0.416 e. The van der Waals surface area contributed by atoms with Gasteiger partial charge in [0.05, 0.1) is 5.56 Å². The van der Waals surface area contributed by atoms with Gasteiger partial charge < -0.3 is 5.32 Å². The molecule has 0 bridgehead atoms. The fourth-order valence-electron chi connectivity index (χ4n) is 1.29. The van der Waals surface area contributed by atoms with Crippen LogP contribution >= 0.6 is 15.9 Å². The lowest BCUT2D eigenvalue weighted by molar-refractivity contribution is -0.137. The summed E-state index contributed by atoms with van der Waals surface area (Å²) in [6.45, 7) is 4.77. The van der Waals surface area contributed by atoms with Gasteiger partial charge >= 0.3 is 6.18 Å². The third-order valence-electron chi connectivity index (χ3n) is 2.58. The quantitative estimate of drug-likeness (QED) is 0.832. The molecule has 0 aliphatic carbocycles. The summed E-state index contributed by atoms with van der Waals surface area (Å²) in [6, 6.07) is 3.86. The summed E-state index contributed by atoms with van der Waals surface area (Å²) < 4.78 is 38.1. The predicted molar refractivity (Wildman–Crippen MR) is 67.1 cm³/mol. The molecule has 0 aromatic heterocycles. The topological polar surface area (TPSA) is 12.0 Å². The molecule has 0 aliphatic heterocycles. The molecular weight excluding hydrogens is 295 g/mol. The molecule has 0 fully saturated rings. The van der Waals surface area contributed by atoms with Crippen LogP contribution in [0, 0.1) is 5.92 Å². The lowest BCUT2D eigenvalue weighted by atomic mass is 10.1. The van der Waals surface area contributed by atoms with Gasteiger partial charge in [-0.25, -0.2) is 0 Å². The minimum atomic E-state index is -4.31. The molecule has 0 heterocycles. The van der Waals surface area contributed by atoms with E-state index >= 15 is 0 Å². The molecule has 17 heavy (non-hydrogen) atoms. The molecule has 1 unspecified atom stereocenters. The summed E-state index contributed by atoms with van der Waals surface area (Å²) in [5.41, 5.74) is -0.148. The van der Waals surface area contributed by atoms with E-state index in [2.05, 4.69) is 35.1 Å². The van der Waals surface area contributed by atoms with Crippen molar-refractivity contribution in [2.45, 2.75) is 26.4 Å². The Morgan fingerprint density at radius 3 is 2.47 bits per heavy atom. The average molecular weight is 310 g/mol. The maximum atomic E-state index is 12.6. The van der Waals surface area contributed by atoms with Crippen LogP contribution in [0.1, 0.15) is 25.8 Å². The Morgan fingerprint density at radius 2 is 1.94 bits per heavy atom. The Hall–Kier alpha value is -0.710. The monoisotopic (exact) mass is 309 g/mol. The van der Waals surface area contributed by atoms with E-state index in [1.54, 1.807) is 6.07 Å². The molecule has 96 valence electrons. The number of benzene rings is 1. The maximum absolute atomic E-state index is 12.6. The van der Waals surface area contributed by atoms with E-state index < -0.39 is 11.7 Å². The zero-order valence-electron chi connectivity index (χ0n) is 9.74. The van der Waals surface area contributed by atoms with Crippen molar-refractivity contribution >= 4 is 21.6 Å². The first-order chi connectivity index (χ1) is 7.82. The lowest BCUT2D eigenvalue weighted by Gasteiger charge is -2.14. The fraction of sp³-hybridized carbons (Fsp3) is 0.500. The third-order valence-corrected chi connectivity index (χ3v) is 3.03. The van der Waals surface area contributed by atoms with E-state index in [0.717, 1.165) is 18.6 Å². The van der Waals surface area contributed by atoms with Crippen LogP contribution in [0.4, 0.5) is 18.9 Å². The molecule has 0 saturated carbocycles. The van der Waals surface area contributed by atoms with Gasteiger partial charge in [-0.1, -0.05) is 36.2 Å². The molecule has 0 saturated heterocycles. The normalized spacial score (nSPS) is 13.5. The first-order valence-corrected chi connectivity index (χ1v) is 6.24. The first kappa shape index (κ1) is 14.4. The Kier molecular flexibility index (Phi) is 4.86. The van der Waals surface area contributed by atoms with Gasteiger partial charge in [0.1, 0.15) is 0 Å². The lowest BCUT2D eigenvalue weighted by Crippen LogP contribution is -2.11. The number of halogens is 4. The SMILES string of the molecule is CCC(C)CNc1cc(Br)cc(C(F)(F)F)c1. The summed E-state index contributed by atoms with van der Waals surface area (Å²) in [5.74, 6) is 0.434. The third kappa shape index (κ3) is 4.58.